The fraction of sp³-hybridized carbons (Fsp3) is 0.462. The average Bonchev–Trinajstić information content (AvgIpc) is 2.80. The van der Waals surface area contributed by atoms with E-state index >= 15 is 0 Å². The first kappa shape index (κ1) is 20.2. The molecule has 2 bridgehead atoms. The van der Waals surface area contributed by atoms with Crippen LogP contribution in [0.2, 0.25) is 0 Å². The Labute approximate surface area is 184 Å². The number of amides is 1. The van der Waals surface area contributed by atoms with E-state index in [1.807, 2.05) is 30.3 Å². The van der Waals surface area contributed by atoms with Crippen molar-refractivity contribution in [3.63, 3.8) is 0 Å². The van der Waals surface area contributed by atoms with Crippen LogP contribution in [0.25, 0.3) is 0 Å². The SMILES string of the molecule is O=C1CCCCN1c1ccc(C#CC2(O)CN3CCC2CC3)c(Cc2ccccc2)n1. The monoisotopic (exact) mass is 415 g/mol. The van der Waals surface area contributed by atoms with Crippen molar-refractivity contribution in [2.75, 3.05) is 31.1 Å². The van der Waals surface area contributed by atoms with Gasteiger partial charge in [-0.25, -0.2) is 4.98 Å². The molecule has 0 aliphatic carbocycles. The van der Waals surface area contributed by atoms with Gasteiger partial charge in [0, 0.05) is 37.4 Å². The summed E-state index contributed by atoms with van der Waals surface area (Å²) in [6.45, 7) is 3.48. The van der Waals surface area contributed by atoms with Crippen molar-refractivity contribution in [3.05, 3.63) is 59.3 Å². The molecule has 1 aromatic carbocycles. The molecule has 0 radical (unpaired) electrons. The smallest absolute Gasteiger partial charge is 0.228 e. The largest absolute Gasteiger partial charge is 0.376 e. The summed E-state index contributed by atoms with van der Waals surface area (Å²) in [6.07, 6.45) is 5.21. The van der Waals surface area contributed by atoms with Crippen molar-refractivity contribution in [3.8, 4) is 11.8 Å². The number of piperidine rings is 4. The standard InChI is InChI=1S/C26H29N3O2/c30-25-8-4-5-15-29(25)24-10-9-21(23(27-24)18-20-6-2-1-3-7-20)11-14-26(31)19-28-16-12-22(26)13-17-28/h1-3,6-7,9-10,22,31H,4-5,8,12-13,15-19H2. The highest BCUT2D eigenvalue weighted by molar-refractivity contribution is 5.93. The highest BCUT2D eigenvalue weighted by Crippen LogP contribution is 2.35. The summed E-state index contributed by atoms with van der Waals surface area (Å²) in [5, 5.41) is 11.2. The number of hydrogen-bond donors (Lipinski definition) is 1. The molecule has 0 saturated carbocycles. The summed E-state index contributed by atoms with van der Waals surface area (Å²) in [4.78, 5) is 21.4. The van der Waals surface area contributed by atoms with Crippen molar-refractivity contribution < 1.29 is 9.90 Å². The van der Waals surface area contributed by atoms with E-state index in [0.29, 0.717) is 25.2 Å². The van der Waals surface area contributed by atoms with Crippen molar-refractivity contribution in [1.82, 2.24) is 9.88 Å². The first-order valence-corrected chi connectivity index (χ1v) is 11.4. The number of aromatic nitrogens is 1. The lowest BCUT2D eigenvalue weighted by molar-refractivity contribution is -0.119. The Kier molecular flexibility index (Phi) is 5.52. The second-order valence-electron chi connectivity index (χ2n) is 9.05. The lowest BCUT2D eigenvalue weighted by Gasteiger charge is -2.47. The Balaban J connectivity index is 1.48. The zero-order valence-electron chi connectivity index (χ0n) is 17.9. The molecule has 4 aliphatic heterocycles. The van der Waals surface area contributed by atoms with E-state index in [0.717, 1.165) is 62.1 Å². The van der Waals surface area contributed by atoms with E-state index < -0.39 is 5.60 Å². The summed E-state index contributed by atoms with van der Waals surface area (Å²) < 4.78 is 0. The Morgan fingerprint density at radius 1 is 1.06 bits per heavy atom. The van der Waals surface area contributed by atoms with Crippen LogP contribution in [0.15, 0.2) is 42.5 Å². The fourth-order valence-electron chi connectivity index (χ4n) is 5.08. The third kappa shape index (κ3) is 4.23. The quantitative estimate of drug-likeness (QED) is 0.783. The summed E-state index contributed by atoms with van der Waals surface area (Å²) in [6, 6.07) is 14.1. The number of carbonyl (C=O) groups excluding carboxylic acids is 1. The van der Waals surface area contributed by atoms with Crippen molar-refractivity contribution in [2.24, 2.45) is 5.92 Å². The van der Waals surface area contributed by atoms with Gasteiger partial charge in [0.2, 0.25) is 5.91 Å². The lowest BCUT2D eigenvalue weighted by atomic mass is 9.75. The van der Waals surface area contributed by atoms with Crippen molar-refractivity contribution in [2.45, 2.75) is 44.1 Å². The van der Waals surface area contributed by atoms with Crippen LogP contribution in [0.1, 0.15) is 48.9 Å². The molecule has 2 aromatic rings. The zero-order valence-corrected chi connectivity index (χ0v) is 17.9. The van der Waals surface area contributed by atoms with Crippen LogP contribution in [0.3, 0.4) is 0 Å². The van der Waals surface area contributed by atoms with Gasteiger partial charge >= 0.3 is 0 Å². The minimum Gasteiger partial charge on any atom is -0.376 e. The maximum Gasteiger partial charge on any atom is 0.228 e. The van der Waals surface area contributed by atoms with Gasteiger partial charge in [-0.1, -0.05) is 42.2 Å². The molecule has 1 atom stereocenters. The number of carbonyl (C=O) groups is 1. The summed E-state index contributed by atoms with van der Waals surface area (Å²) >= 11 is 0. The number of hydrogen-bond acceptors (Lipinski definition) is 4. The third-order valence-electron chi connectivity index (χ3n) is 6.92. The number of pyridine rings is 1. The molecule has 4 saturated heterocycles. The van der Waals surface area contributed by atoms with Crippen molar-refractivity contribution in [1.29, 1.82) is 0 Å². The first-order valence-electron chi connectivity index (χ1n) is 11.4. The lowest BCUT2D eigenvalue weighted by Crippen LogP contribution is -2.58. The molecule has 5 nitrogen and oxygen atoms in total. The summed E-state index contributed by atoms with van der Waals surface area (Å²) in [5.74, 6) is 7.61. The average molecular weight is 416 g/mol. The van der Waals surface area contributed by atoms with Gasteiger partial charge < -0.3 is 5.11 Å². The highest BCUT2D eigenvalue weighted by atomic mass is 16.3. The normalized spacial score (nSPS) is 27.6. The minimum atomic E-state index is -0.942. The van der Waals surface area contributed by atoms with E-state index in [4.69, 9.17) is 4.98 Å². The molecule has 5 heteroatoms. The summed E-state index contributed by atoms with van der Waals surface area (Å²) in [7, 11) is 0. The van der Waals surface area contributed by atoms with Crippen molar-refractivity contribution >= 4 is 11.7 Å². The van der Waals surface area contributed by atoms with E-state index in [-0.39, 0.29) is 11.8 Å². The predicted octanol–water partition coefficient (Wildman–Crippen LogP) is 3.00. The second-order valence-corrected chi connectivity index (χ2v) is 9.05. The van der Waals surface area contributed by atoms with Gasteiger partial charge in [0.05, 0.1) is 5.69 Å². The molecular weight excluding hydrogens is 386 g/mol. The molecule has 5 heterocycles. The fourth-order valence-corrected chi connectivity index (χ4v) is 5.08. The molecule has 31 heavy (non-hydrogen) atoms. The number of aliphatic hydroxyl groups is 1. The van der Waals surface area contributed by atoms with Crippen LogP contribution in [0.4, 0.5) is 5.82 Å². The second kappa shape index (κ2) is 8.45. The van der Waals surface area contributed by atoms with E-state index in [1.54, 1.807) is 4.90 Å². The highest BCUT2D eigenvalue weighted by Gasteiger charge is 2.44. The number of fused-ring (bicyclic) bond motifs is 3. The van der Waals surface area contributed by atoms with Gasteiger partial charge in [-0.05, 0) is 56.5 Å². The molecule has 1 aromatic heterocycles. The molecular formula is C26H29N3O2. The number of rotatable bonds is 3. The summed E-state index contributed by atoms with van der Waals surface area (Å²) in [5.41, 5.74) is 1.91. The molecule has 6 rings (SSSR count). The topological polar surface area (TPSA) is 56.7 Å². The van der Waals surface area contributed by atoms with Gasteiger partial charge in [-0.2, -0.15) is 0 Å². The maximum atomic E-state index is 12.4. The molecule has 4 aliphatic rings. The Hall–Kier alpha value is -2.68. The molecule has 0 spiro atoms. The molecule has 160 valence electrons. The minimum absolute atomic E-state index is 0.143. The van der Waals surface area contributed by atoms with E-state index in [9.17, 15) is 9.90 Å². The molecule has 1 unspecified atom stereocenters. The maximum absolute atomic E-state index is 12.4. The van der Waals surface area contributed by atoms with Crippen LogP contribution in [-0.2, 0) is 11.2 Å². The molecule has 1 amide bonds. The number of benzene rings is 1. The molecule has 1 N–H and O–H groups in total. The van der Waals surface area contributed by atoms with Gasteiger partial charge in [-0.15, -0.1) is 0 Å². The first-order chi connectivity index (χ1) is 15.1. The van der Waals surface area contributed by atoms with Gasteiger partial charge in [0.15, 0.2) is 0 Å². The van der Waals surface area contributed by atoms with Crippen LogP contribution in [0, 0.1) is 17.8 Å². The van der Waals surface area contributed by atoms with E-state index in [1.165, 1.54) is 0 Å². The Bertz CT molecular complexity index is 1020. The van der Waals surface area contributed by atoms with Crippen LogP contribution < -0.4 is 4.90 Å². The number of anilines is 1. The molecule has 4 fully saturated rings. The Morgan fingerprint density at radius 2 is 1.87 bits per heavy atom. The zero-order chi connectivity index (χ0) is 21.3. The Morgan fingerprint density at radius 3 is 2.58 bits per heavy atom. The van der Waals surface area contributed by atoms with Crippen LogP contribution in [-0.4, -0.2) is 52.7 Å². The van der Waals surface area contributed by atoms with Crippen LogP contribution >= 0.6 is 0 Å². The third-order valence-corrected chi connectivity index (χ3v) is 6.92. The van der Waals surface area contributed by atoms with Crippen LogP contribution in [0.5, 0.6) is 0 Å². The van der Waals surface area contributed by atoms with Gasteiger partial charge in [0.1, 0.15) is 11.4 Å². The van der Waals surface area contributed by atoms with Gasteiger partial charge in [0.25, 0.3) is 0 Å². The predicted molar refractivity (Wildman–Crippen MR) is 121 cm³/mol. The van der Waals surface area contributed by atoms with Gasteiger partial charge in [-0.3, -0.25) is 14.6 Å². The van der Waals surface area contributed by atoms with E-state index in [2.05, 4.69) is 28.9 Å². The number of nitrogens with zero attached hydrogens (tertiary/aromatic N) is 3.